The Bertz CT molecular complexity index is 1330. The molecule has 0 spiro atoms. The number of carboxylic acid groups (broad SMARTS) is 1. The van der Waals surface area contributed by atoms with Crippen LogP contribution in [0, 0.1) is 0 Å². The number of hydrogen-bond acceptors (Lipinski definition) is 8. The molecule has 3 aromatic rings. The fourth-order valence-electron chi connectivity index (χ4n) is 3.72. The summed E-state index contributed by atoms with van der Waals surface area (Å²) >= 11 is 0. The topological polar surface area (TPSA) is 175 Å². The van der Waals surface area contributed by atoms with E-state index in [0.29, 0.717) is 16.7 Å². The number of aromatic amines is 1. The second-order valence-electron chi connectivity index (χ2n) is 7.87. The summed E-state index contributed by atoms with van der Waals surface area (Å²) < 4.78 is 29.2. The quantitative estimate of drug-likeness (QED) is 0.194. The Kier molecular flexibility index (Phi) is 6.98. The zero-order chi connectivity index (χ0) is 24.9. The first kappa shape index (κ1) is 24.2. The number of nitrogens with one attached hydrogen (secondary N) is 4. The molecule has 5 N–H and O–H groups in total. The van der Waals surface area contributed by atoms with Crippen LogP contribution in [-0.4, -0.2) is 59.9 Å². The fraction of sp³-hybridized carbons (Fsp3) is 0.273. The average Bonchev–Trinajstić information content (AvgIpc) is 3.55. The van der Waals surface area contributed by atoms with Gasteiger partial charge in [0.15, 0.2) is 5.95 Å². The summed E-state index contributed by atoms with van der Waals surface area (Å²) in [5.74, 6) is -1.89. The summed E-state index contributed by atoms with van der Waals surface area (Å²) in [5.41, 5.74) is -2.34. The zero-order valence-corrected chi connectivity index (χ0v) is 19.3. The number of carboxylic acids is 1. The molecule has 1 aromatic heterocycles. The number of aromatic nitrogens is 2. The van der Waals surface area contributed by atoms with Crippen LogP contribution in [0.4, 0.5) is 5.95 Å². The van der Waals surface area contributed by atoms with E-state index >= 15 is 0 Å². The number of nitrogens with zero attached hydrogens (tertiary/aromatic N) is 2. The SMILES string of the molecule is O=C(NC(CCCNc1ncc[nH]1)(NS(=O)(=O)c1cccc2ccccc12)C(=O)O)C1CC=NO1. The number of H-pyrrole nitrogens is 1. The van der Waals surface area contributed by atoms with Crippen LogP contribution in [0.15, 0.2) is 64.9 Å². The van der Waals surface area contributed by atoms with Crippen LogP contribution in [-0.2, 0) is 24.4 Å². The van der Waals surface area contributed by atoms with E-state index in [-0.39, 0.29) is 30.7 Å². The molecular formula is C22H24N6O6S. The predicted octanol–water partition coefficient (Wildman–Crippen LogP) is 1.41. The van der Waals surface area contributed by atoms with Crippen LogP contribution in [0.25, 0.3) is 10.8 Å². The van der Waals surface area contributed by atoms with Crippen molar-refractivity contribution >= 4 is 44.8 Å². The maximum Gasteiger partial charge on any atom is 0.345 e. The van der Waals surface area contributed by atoms with Gasteiger partial charge in [0.1, 0.15) is 0 Å². The molecule has 1 amide bonds. The molecule has 184 valence electrons. The molecule has 12 nitrogen and oxygen atoms in total. The Labute approximate surface area is 200 Å². The number of aliphatic carboxylic acids is 1. The van der Waals surface area contributed by atoms with Crippen molar-refractivity contribution in [2.75, 3.05) is 11.9 Å². The Hall–Kier alpha value is -3.97. The van der Waals surface area contributed by atoms with Gasteiger partial charge < -0.3 is 25.6 Å². The van der Waals surface area contributed by atoms with Gasteiger partial charge in [0.25, 0.3) is 5.91 Å². The third-order valence-corrected chi connectivity index (χ3v) is 7.00. The van der Waals surface area contributed by atoms with E-state index in [4.69, 9.17) is 4.84 Å². The Balaban J connectivity index is 1.62. The van der Waals surface area contributed by atoms with Crippen molar-refractivity contribution < 1.29 is 28.0 Å². The van der Waals surface area contributed by atoms with Gasteiger partial charge in [0, 0.05) is 37.0 Å². The van der Waals surface area contributed by atoms with Crippen molar-refractivity contribution in [3.63, 3.8) is 0 Å². The molecule has 13 heteroatoms. The van der Waals surface area contributed by atoms with E-state index in [9.17, 15) is 23.1 Å². The molecule has 2 atom stereocenters. The Morgan fingerprint density at radius 1 is 1.20 bits per heavy atom. The highest BCUT2D eigenvalue weighted by Gasteiger charge is 2.45. The van der Waals surface area contributed by atoms with Crippen LogP contribution in [0.3, 0.4) is 0 Å². The molecule has 1 aliphatic heterocycles. The summed E-state index contributed by atoms with van der Waals surface area (Å²) in [7, 11) is -4.40. The number of oxime groups is 1. The van der Waals surface area contributed by atoms with E-state index in [1.807, 2.05) is 0 Å². The van der Waals surface area contributed by atoms with Crippen LogP contribution in [0.2, 0.25) is 0 Å². The van der Waals surface area contributed by atoms with Gasteiger partial charge in [-0.2, -0.15) is 4.72 Å². The highest BCUT2D eigenvalue weighted by atomic mass is 32.2. The normalized spacial score (nSPS) is 17.0. The van der Waals surface area contributed by atoms with E-state index in [1.54, 1.807) is 48.8 Å². The maximum atomic E-state index is 13.5. The predicted molar refractivity (Wildman–Crippen MR) is 127 cm³/mol. The number of imidazole rings is 1. The molecule has 0 radical (unpaired) electrons. The van der Waals surface area contributed by atoms with Gasteiger partial charge in [0.2, 0.25) is 21.8 Å². The molecule has 4 rings (SSSR count). The summed E-state index contributed by atoms with van der Waals surface area (Å²) in [6.45, 7) is 0.261. The zero-order valence-electron chi connectivity index (χ0n) is 18.5. The minimum Gasteiger partial charge on any atom is -0.478 e. The van der Waals surface area contributed by atoms with Gasteiger partial charge in [0.05, 0.1) is 4.90 Å². The van der Waals surface area contributed by atoms with Crippen LogP contribution < -0.4 is 15.4 Å². The molecule has 0 fully saturated rings. The summed E-state index contributed by atoms with van der Waals surface area (Å²) in [4.78, 5) is 37.0. The monoisotopic (exact) mass is 500 g/mol. The lowest BCUT2D eigenvalue weighted by atomic mass is 10.0. The number of anilines is 1. The molecule has 0 bridgehead atoms. The summed E-state index contributed by atoms with van der Waals surface area (Å²) in [6, 6.07) is 11.5. The van der Waals surface area contributed by atoms with Crippen molar-refractivity contribution in [2.24, 2.45) is 5.16 Å². The molecule has 2 unspecified atom stereocenters. The van der Waals surface area contributed by atoms with E-state index in [0.717, 1.165) is 0 Å². The molecule has 2 heterocycles. The Morgan fingerprint density at radius 2 is 2.00 bits per heavy atom. The number of sulfonamides is 1. The smallest absolute Gasteiger partial charge is 0.345 e. The van der Waals surface area contributed by atoms with Crippen molar-refractivity contribution in [3.8, 4) is 0 Å². The molecule has 2 aromatic carbocycles. The maximum absolute atomic E-state index is 13.5. The summed E-state index contributed by atoms with van der Waals surface area (Å²) in [6.07, 6.45) is 3.53. The number of amides is 1. The van der Waals surface area contributed by atoms with Crippen LogP contribution in [0.5, 0.6) is 0 Å². The average molecular weight is 501 g/mol. The molecule has 35 heavy (non-hydrogen) atoms. The minimum absolute atomic E-state index is 0.107. The van der Waals surface area contributed by atoms with Crippen molar-refractivity contribution in [1.82, 2.24) is 20.0 Å². The fourth-order valence-corrected chi connectivity index (χ4v) is 5.27. The third kappa shape index (κ3) is 5.41. The largest absolute Gasteiger partial charge is 0.478 e. The van der Waals surface area contributed by atoms with Gasteiger partial charge in [-0.05, 0) is 24.3 Å². The number of fused-ring (bicyclic) bond motifs is 1. The van der Waals surface area contributed by atoms with Gasteiger partial charge >= 0.3 is 5.97 Å². The highest BCUT2D eigenvalue weighted by Crippen LogP contribution is 2.25. The Morgan fingerprint density at radius 3 is 2.71 bits per heavy atom. The minimum atomic E-state index is -4.40. The molecule has 0 saturated carbocycles. The van der Waals surface area contributed by atoms with Gasteiger partial charge in [-0.1, -0.05) is 41.6 Å². The van der Waals surface area contributed by atoms with Gasteiger partial charge in [-0.25, -0.2) is 18.2 Å². The number of benzene rings is 2. The first-order valence-corrected chi connectivity index (χ1v) is 12.3. The van der Waals surface area contributed by atoms with Gasteiger partial charge in [-0.3, -0.25) is 4.79 Å². The van der Waals surface area contributed by atoms with E-state index in [2.05, 4.69) is 30.5 Å². The standard InChI is InChI=1S/C22H24N6O6S/c29-19(17-9-12-26-34-17)27-22(20(30)31,10-4-11-23-21-24-13-14-25-21)28-35(32,33)18-8-3-6-15-5-1-2-7-16(15)18/h1-3,5-8,12-14,17,28H,4,9-11H2,(H,27,29)(H,30,31)(H2,23,24,25). The number of hydrogen-bond donors (Lipinski definition) is 5. The van der Waals surface area contributed by atoms with Crippen molar-refractivity contribution in [2.45, 2.75) is 35.9 Å². The second kappa shape index (κ2) is 10.1. The first-order valence-electron chi connectivity index (χ1n) is 10.8. The lowest BCUT2D eigenvalue weighted by Gasteiger charge is -2.32. The van der Waals surface area contributed by atoms with Crippen LogP contribution in [0.1, 0.15) is 19.3 Å². The molecule has 0 aliphatic carbocycles. The van der Waals surface area contributed by atoms with Crippen molar-refractivity contribution in [3.05, 3.63) is 54.9 Å². The third-order valence-electron chi connectivity index (χ3n) is 5.44. The van der Waals surface area contributed by atoms with Gasteiger partial charge in [-0.15, -0.1) is 0 Å². The second-order valence-corrected chi connectivity index (χ2v) is 9.52. The number of carbonyl (C=O) groups is 2. The molecular weight excluding hydrogens is 476 g/mol. The molecule has 1 aliphatic rings. The van der Waals surface area contributed by atoms with Crippen molar-refractivity contribution in [1.29, 1.82) is 0 Å². The number of carbonyl (C=O) groups excluding carboxylic acids is 1. The first-order chi connectivity index (χ1) is 16.8. The lowest BCUT2D eigenvalue weighted by molar-refractivity contribution is -0.150. The lowest BCUT2D eigenvalue weighted by Crippen LogP contribution is -2.66. The highest BCUT2D eigenvalue weighted by molar-refractivity contribution is 7.89. The summed E-state index contributed by atoms with van der Waals surface area (Å²) in [5, 5.41) is 20.1. The number of rotatable bonds is 11. The molecule has 0 saturated heterocycles. The van der Waals surface area contributed by atoms with E-state index < -0.39 is 33.7 Å². The van der Waals surface area contributed by atoms with E-state index in [1.165, 1.54) is 12.3 Å². The van der Waals surface area contributed by atoms with Crippen LogP contribution >= 0.6 is 0 Å².